The lowest BCUT2D eigenvalue weighted by Crippen LogP contribution is -2.53. The topological polar surface area (TPSA) is 34.5 Å². The minimum Gasteiger partial charge on any atom is -0.463 e. The highest BCUT2D eigenvalue weighted by molar-refractivity contribution is 5.86. The molecule has 1 saturated heterocycles. The van der Waals surface area contributed by atoms with Crippen LogP contribution in [0.5, 0.6) is 0 Å². The number of aromatic nitrogens is 1. The highest BCUT2D eigenvalue weighted by Gasteiger charge is 2.53. The van der Waals surface area contributed by atoms with Crippen LogP contribution in [0, 0.1) is 5.41 Å². The van der Waals surface area contributed by atoms with E-state index >= 15 is 0 Å². The summed E-state index contributed by atoms with van der Waals surface area (Å²) in [6.07, 6.45) is 6.50. The van der Waals surface area contributed by atoms with Crippen molar-refractivity contribution in [3.8, 4) is 0 Å². The van der Waals surface area contributed by atoms with E-state index in [4.69, 9.17) is 4.74 Å². The second-order valence-corrected chi connectivity index (χ2v) is 8.65. The van der Waals surface area contributed by atoms with Gasteiger partial charge >= 0.3 is 5.97 Å². The van der Waals surface area contributed by atoms with Gasteiger partial charge in [-0.1, -0.05) is 32.0 Å². The molecule has 3 aliphatic heterocycles. The number of hydrogen-bond donors (Lipinski definition) is 0. The molecule has 0 bridgehead atoms. The fourth-order valence-electron chi connectivity index (χ4n) is 6.26. The summed E-state index contributed by atoms with van der Waals surface area (Å²) in [6, 6.07) is 9.64. The van der Waals surface area contributed by atoms with Crippen molar-refractivity contribution in [2.24, 2.45) is 5.41 Å². The Morgan fingerprint density at radius 2 is 2.11 bits per heavy atom. The zero-order chi connectivity index (χ0) is 18.6. The van der Waals surface area contributed by atoms with Crippen LogP contribution in [0.1, 0.15) is 69.3 Å². The Morgan fingerprint density at radius 1 is 1.26 bits per heavy atom. The molecule has 27 heavy (non-hydrogen) atoms. The van der Waals surface area contributed by atoms with Crippen LogP contribution in [-0.4, -0.2) is 35.1 Å². The number of rotatable bonds is 4. The van der Waals surface area contributed by atoms with Crippen molar-refractivity contribution in [3.63, 3.8) is 0 Å². The second-order valence-electron chi connectivity index (χ2n) is 8.65. The molecule has 5 rings (SSSR count). The minimum absolute atomic E-state index is 0.0849. The van der Waals surface area contributed by atoms with Crippen molar-refractivity contribution in [1.82, 2.24) is 9.47 Å². The summed E-state index contributed by atoms with van der Waals surface area (Å²) in [4.78, 5) is 14.6. The van der Waals surface area contributed by atoms with E-state index in [2.05, 4.69) is 40.7 Å². The molecule has 4 heteroatoms. The van der Waals surface area contributed by atoms with Crippen LogP contribution in [0.4, 0.5) is 0 Å². The molecule has 3 aliphatic rings. The molecule has 0 unspecified atom stereocenters. The molecule has 0 N–H and O–H groups in total. The lowest BCUT2D eigenvalue weighted by Gasteiger charge is -2.56. The van der Waals surface area contributed by atoms with Gasteiger partial charge in [-0.25, -0.2) is 0 Å². The summed E-state index contributed by atoms with van der Waals surface area (Å²) in [7, 11) is 0. The van der Waals surface area contributed by atoms with Gasteiger partial charge in [0.1, 0.15) is 6.61 Å². The van der Waals surface area contributed by atoms with E-state index in [9.17, 15) is 4.79 Å². The second kappa shape index (κ2) is 6.37. The van der Waals surface area contributed by atoms with Crippen LogP contribution in [0.25, 0.3) is 10.9 Å². The highest BCUT2D eigenvalue weighted by atomic mass is 16.5. The predicted molar refractivity (Wildman–Crippen MR) is 107 cm³/mol. The van der Waals surface area contributed by atoms with Crippen molar-refractivity contribution >= 4 is 16.9 Å². The largest absolute Gasteiger partial charge is 0.463 e. The first-order valence-electron chi connectivity index (χ1n) is 10.7. The number of piperidine rings is 1. The summed E-state index contributed by atoms with van der Waals surface area (Å²) in [5, 5.41) is 1.41. The molecular weight excluding hydrogens is 336 g/mol. The van der Waals surface area contributed by atoms with Crippen molar-refractivity contribution < 1.29 is 9.53 Å². The number of hydrogen-bond acceptors (Lipinski definition) is 3. The zero-order valence-corrected chi connectivity index (χ0v) is 16.5. The van der Waals surface area contributed by atoms with E-state index in [1.165, 1.54) is 48.9 Å². The normalized spacial score (nSPS) is 29.6. The van der Waals surface area contributed by atoms with Gasteiger partial charge in [-0.05, 0) is 55.7 Å². The van der Waals surface area contributed by atoms with Gasteiger partial charge in [-0.3, -0.25) is 9.69 Å². The molecular formula is C23H30N2O2. The van der Waals surface area contributed by atoms with E-state index in [-0.39, 0.29) is 12.0 Å². The Balaban J connectivity index is 1.70. The molecule has 0 aliphatic carbocycles. The molecule has 0 amide bonds. The molecule has 0 saturated carbocycles. The third-order valence-electron chi connectivity index (χ3n) is 7.47. The number of nitrogens with zero attached hydrogens (tertiary/aromatic N) is 2. The molecule has 0 radical (unpaired) electrons. The van der Waals surface area contributed by atoms with Crippen LogP contribution in [0.15, 0.2) is 24.3 Å². The summed E-state index contributed by atoms with van der Waals surface area (Å²) < 4.78 is 8.25. The Hall–Kier alpha value is -1.81. The van der Waals surface area contributed by atoms with Crippen LogP contribution >= 0.6 is 0 Å². The van der Waals surface area contributed by atoms with E-state index in [0.717, 1.165) is 12.8 Å². The van der Waals surface area contributed by atoms with Crippen LogP contribution in [0.3, 0.4) is 0 Å². The number of para-hydroxylation sites is 1. The molecule has 144 valence electrons. The number of carbonyl (C=O) groups excluding carboxylic acids is 1. The number of ether oxygens (including phenoxy) is 1. The minimum atomic E-state index is -0.0849. The SMILES string of the molecule is CCC(=O)OC[C@H]1C[C@@]2(CC)CCCN3CCc4c(n1c1ccccc41)[C@@H]32. The third kappa shape index (κ3) is 2.42. The summed E-state index contributed by atoms with van der Waals surface area (Å²) >= 11 is 0. The van der Waals surface area contributed by atoms with Gasteiger partial charge in [-0.15, -0.1) is 0 Å². The fraction of sp³-hybridized carbons (Fsp3) is 0.609. The maximum atomic E-state index is 11.9. The Bertz CT molecular complexity index is 886. The van der Waals surface area contributed by atoms with Crippen molar-refractivity contribution in [2.45, 2.75) is 64.5 Å². The van der Waals surface area contributed by atoms with Crippen LogP contribution in [-0.2, 0) is 16.0 Å². The van der Waals surface area contributed by atoms with Gasteiger partial charge in [0.15, 0.2) is 0 Å². The van der Waals surface area contributed by atoms with Crippen LogP contribution < -0.4 is 0 Å². The van der Waals surface area contributed by atoms with Crippen molar-refractivity contribution in [2.75, 3.05) is 19.7 Å². The monoisotopic (exact) mass is 366 g/mol. The average Bonchev–Trinajstić information content (AvgIpc) is 3.06. The van der Waals surface area contributed by atoms with Gasteiger partial charge in [0, 0.05) is 29.6 Å². The molecule has 1 aromatic carbocycles. The number of benzene rings is 1. The number of esters is 1. The molecule has 4 heterocycles. The lowest BCUT2D eigenvalue weighted by molar-refractivity contribution is -0.145. The van der Waals surface area contributed by atoms with Gasteiger partial charge in [0.2, 0.25) is 0 Å². The van der Waals surface area contributed by atoms with Gasteiger partial charge in [-0.2, -0.15) is 0 Å². The molecule has 3 atom stereocenters. The third-order valence-corrected chi connectivity index (χ3v) is 7.47. The number of fused-ring (bicyclic) bond motifs is 3. The van der Waals surface area contributed by atoms with Gasteiger partial charge in [0.05, 0.1) is 12.1 Å². The first-order chi connectivity index (χ1) is 13.2. The fourth-order valence-corrected chi connectivity index (χ4v) is 6.26. The standard InChI is InChI=1S/C23H30N2O2/c1-3-20(26)27-15-16-14-23(4-2)11-7-12-24-13-10-18-17-8-5-6-9-19(17)25(16)21(18)22(23)24/h5-6,8-9,16,22H,3-4,7,10-15H2,1-2H3/t16-,22-,23-/m1/s1. The zero-order valence-electron chi connectivity index (χ0n) is 16.5. The van der Waals surface area contributed by atoms with E-state index in [1.807, 2.05) is 6.92 Å². The van der Waals surface area contributed by atoms with E-state index in [1.54, 1.807) is 5.56 Å². The van der Waals surface area contributed by atoms with E-state index < -0.39 is 0 Å². The molecule has 4 nitrogen and oxygen atoms in total. The highest BCUT2D eigenvalue weighted by Crippen LogP contribution is 2.59. The molecule has 0 spiro atoms. The van der Waals surface area contributed by atoms with E-state index in [0.29, 0.717) is 24.5 Å². The van der Waals surface area contributed by atoms with Gasteiger partial charge in [0.25, 0.3) is 0 Å². The first-order valence-corrected chi connectivity index (χ1v) is 10.7. The predicted octanol–water partition coefficient (Wildman–Crippen LogP) is 4.63. The molecule has 1 aromatic heterocycles. The Kier molecular flexibility index (Phi) is 4.08. The number of carbonyl (C=O) groups is 1. The summed E-state index contributed by atoms with van der Waals surface area (Å²) in [6.45, 7) is 7.15. The maximum absolute atomic E-state index is 11.9. The molecule has 2 aromatic rings. The first kappa shape index (κ1) is 17.3. The van der Waals surface area contributed by atoms with Crippen molar-refractivity contribution in [1.29, 1.82) is 0 Å². The molecule has 1 fully saturated rings. The lowest BCUT2D eigenvalue weighted by atomic mass is 9.63. The Morgan fingerprint density at radius 3 is 2.93 bits per heavy atom. The van der Waals surface area contributed by atoms with Crippen molar-refractivity contribution in [3.05, 3.63) is 35.5 Å². The summed E-state index contributed by atoms with van der Waals surface area (Å²) in [5.41, 5.74) is 4.74. The smallest absolute Gasteiger partial charge is 0.305 e. The van der Waals surface area contributed by atoms with Gasteiger partial charge < -0.3 is 9.30 Å². The quantitative estimate of drug-likeness (QED) is 0.740. The van der Waals surface area contributed by atoms with Crippen LogP contribution in [0.2, 0.25) is 0 Å². The summed E-state index contributed by atoms with van der Waals surface area (Å²) in [5.74, 6) is -0.0849. The average molecular weight is 367 g/mol. The Labute approximate surface area is 161 Å². The maximum Gasteiger partial charge on any atom is 0.305 e.